The molecule has 1 aromatic rings. The molecule has 5 rings (SSSR count). The highest BCUT2D eigenvalue weighted by molar-refractivity contribution is 6.28. The summed E-state index contributed by atoms with van der Waals surface area (Å²) in [5.74, 6) is -0.708. The Morgan fingerprint density at radius 3 is 2.47 bits per heavy atom. The molecule has 1 saturated carbocycles. The highest BCUT2D eigenvalue weighted by Crippen LogP contribution is 2.48. The Morgan fingerprint density at radius 1 is 1.15 bits per heavy atom. The molecule has 3 saturated heterocycles. The van der Waals surface area contributed by atoms with Gasteiger partial charge < -0.3 is 20.1 Å². The number of carbonyl (C=O) groups excluding carboxylic acids is 1. The van der Waals surface area contributed by atoms with Gasteiger partial charge in [-0.05, 0) is 36.8 Å². The molecule has 12 heteroatoms. The molecule has 34 heavy (non-hydrogen) atoms. The molecule has 1 aromatic heterocycles. The van der Waals surface area contributed by atoms with Gasteiger partial charge in [0.2, 0.25) is 17.0 Å². The van der Waals surface area contributed by atoms with E-state index in [1.54, 1.807) is 0 Å². The van der Waals surface area contributed by atoms with E-state index in [4.69, 9.17) is 21.4 Å². The number of hydrazine groups is 1. The fourth-order valence-electron chi connectivity index (χ4n) is 6.20. The van der Waals surface area contributed by atoms with Crippen molar-refractivity contribution in [2.45, 2.75) is 57.2 Å². The third-order valence-electron chi connectivity index (χ3n) is 7.83. The van der Waals surface area contributed by atoms with Crippen LogP contribution in [0.25, 0.3) is 0 Å². The molecular weight excluding hydrogens is 467 g/mol. The lowest BCUT2D eigenvalue weighted by molar-refractivity contribution is -0.124. The smallest absolute Gasteiger partial charge is 0.404 e. The number of halogens is 2. The van der Waals surface area contributed by atoms with Crippen LogP contribution in [0.15, 0.2) is 0 Å². The second kappa shape index (κ2) is 9.69. The molecule has 3 aliphatic heterocycles. The highest BCUT2D eigenvalue weighted by atomic mass is 35.5. The Balaban J connectivity index is 1.25. The maximum absolute atomic E-state index is 15.4. The van der Waals surface area contributed by atoms with E-state index < -0.39 is 23.7 Å². The number of anilines is 2. The van der Waals surface area contributed by atoms with Gasteiger partial charge in [0.25, 0.3) is 0 Å². The van der Waals surface area contributed by atoms with E-state index in [1.807, 2.05) is 4.90 Å². The summed E-state index contributed by atoms with van der Waals surface area (Å²) >= 11 is 6.10. The molecule has 4 aliphatic rings. The standard InChI is InChI=1S/C22H30ClFN6O4/c23-21-26-18(28-29-20(31)12(8-25-22(32)33)7-11-3-1-2-4-11)17(24)19(27-21)30-9-13-14(10-30)16-6-5-15(13)34-16/h11-16,25H,1-10H2,(H,29,31)(H,32,33)(H,26,27,28)/t12-,13-,14?,15-,16?/m1/s1. The van der Waals surface area contributed by atoms with Crippen LogP contribution in [0.2, 0.25) is 5.28 Å². The number of hydrogen-bond donors (Lipinski definition) is 4. The first-order chi connectivity index (χ1) is 16.4. The van der Waals surface area contributed by atoms with Crippen LogP contribution in [0, 0.1) is 29.5 Å². The van der Waals surface area contributed by atoms with E-state index in [0.29, 0.717) is 37.3 Å². The molecule has 2 bridgehead atoms. The third kappa shape index (κ3) is 4.72. The van der Waals surface area contributed by atoms with Gasteiger partial charge >= 0.3 is 6.09 Å². The minimum atomic E-state index is -1.19. The molecule has 186 valence electrons. The number of rotatable bonds is 8. The topological polar surface area (TPSA) is 129 Å². The van der Waals surface area contributed by atoms with Gasteiger partial charge in [-0.3, -0.25) is 15.6 Å². The molecule has 5 atom stereocenters. The lowest BCUT2D eigenvalue weighted by Crippen LogP contribution is -2.42. The molecule has 0 spiro atoms. The summed E-state index contributed by atoms with van der Waals surface area (Å²) in [6.45, 7) is 1.27. The second-order valence-corrected chi connectivity index (χ2v) is 10.2. The fraction of sp³-hybridized carbons (Fsp3) is 0.727. The predicted octanol–water partition coefficient (Wildman–Crippen LogP) is 2.79. The number of carbonyl (C=O) groups is 2. The van der Waals surface area contributed by atoms with Gasteiger partial charge in [-0.15, -0.1) is 0 Å². The summed E-state index contributed by atoms with van der Waals surface area (Å²) in [6, 6.07) is 0. The molecule has 10 nitrogen and oxygen atoms in total. The molecule has 0 aromatic carbocycles. The Kier molecular flexibility index (Phi) is 6.65. The first-order valence-corrected chi connectivity index (χ1v) is 12.4. The average Bonchev–Trinajstić information content (AvgIpc) is 3.59. The Bertz CT molecular complexity index is 930. The van der Waals surface area contributed by atoms with Crippen LogP contribution < -0.4 is 21.1 Å². The fourth-order valence-corrected chi connectivity index (χ4v) is 6.36. The summed E-state index contributed by atoms with van der Waals surface area (Å²) in [5, 5.41) is 11.1. The Hall–Kier alpha value is -2.40. The maximum Gasteiger partial charge on any atom is 0.404 e. The Labute approximate surface area is 201 Å². The molecule has 2 unspecified atom stereocenters. The van der Waals surface area contributed by atoms with Crippen LogP contribution in [0.5, 0.6) is 0 Å². The van der Waals surface area contributed by atoms with Gasteiger partial charge in [0.15, 0.2) is 11.6 Å². The number of aromatic nitrogens is 2. The van der Waals surface area contributed by atoms with Crippen molar-refractivity contribution in [2.75, 3.05) is 30.0 Å². The highest BCUT2D eigenvalue weighted by Gasteiger charge is 2.53. The quantitative estimate of drug-likeness (QED) is 0.319. The zero-order chi connectivity index (χ0) is 23.8. The number of hydrogen-bond acceptors (Lipinski definition) is 7. The van der Waals surface area contributed by atoms with Gasteiger partial charge in [-0.25, -0.2) is 4.79 Å². The third-order valence-corrected chi connectivity index (χ3v) is 7.99. The van der Waals surface area contributed by atoms with Crippen molar-refractivity contribution in [1.82, 2.24) is 20.7 Å². The number of fused-ring (bicyclic) bond motifs is 5. The van der Waals surface area contributed by atoms with Crippen LogP contribution in [-0.4, -0.2) is 58.9 Å². The molecule has 4 N–H and O–H groups in total. The summed E-state index contributed by atoms with van der Waals surface area (Å²) in [6.07, 6.45) is 6.20. The van der Waals surface area contributed by atoms with Crippen molar-refractivity contribution in [3.8, 4) is 0 Å². The minimum Gasteiger partial charge on any atom is -0.465 e. The van der Waals surface area contributed by atoms with Crippen LogP contribution >= 0.6 is 11.6 Å². The van der Waals surface area contributed by atoms with Crippen LogP contribution in [0.1, 0.15) is 44.9 Å². The van der Waals surface area contributed by atoms with Crippen molar-refractivity contribution in [3.05, 3.63) is 11.1 Å². The second-order valence-electron chi connectivity index (χ2n) is 9.89. The molecule has 2 amide bonds. The molecule has 1 aliphatic carbocycles. The van der Waals surface area contributed by atoms with Gasteiger partial charge in [0.05, 0.1) is 18.1 Å². The van der Waals surface area contributed by atoms with Crippen LogP contribution in [0.4, 0.5) is 20.8 Å². The number of ether oxygens (including phenoxy) is 1. The van der Waals surface area contributed by atoms with Gasteiger partial charge in [0.1, 0.15) is 0 Å². The van der Waals surface area contributed by atoms with E-state index >= 15 is 4.39 Å². The number of nitrogens with one attached hydrogen (secondary N) is 3. The average molecular weight is 497 g/mol. The zero-order valence-corrected chi connectivity index (χ0v) is 19.6. The van der Waals surface area contributed by atoms with Crippen molar-refractivity contribution in [3.63, 3.8) is 0 Å². The summed E-state index contributed by atoms with van der Waals surface area (Å²) in [5.41, 5.74) is 5.05. The normalized spacial score (nSPS) is 28.7. The predicted molar refractivity (Wildman–Crippen MR) is 122 cm³/mol. The van der Waals surface area contributed by atoms with Crippen molar-refractivity contribution in [1.29, 1.82) is 0 Å². The van der Waals surface area contributed by atoms with Crippen molar-refractivity contribution >= 4 is 35.2 Å². The zero-order valence-electron chi connectivity index (χ0n) is 18.8. The number of amides is 2. The monoisotopic (exact) mass is 496 g/mol. The first-order valence-electron chi connectivity index (χ1n) is 12.0. The summed E-state index contributed by atoms with van der Waals surface area (Å²) in [4.78, 5) is 33.7. The maximum atomic E-state index is 15.4. The SMILES string of the molecule is O=C(O)NC[C@@H](CC1CCCC1)C(=O)NNc1nc(Cl)nc(N2CC3C4CC[C@@H](O4)[C@@H]3C2)c1F. The molecule has 4 fully saturated rings. The minimum absolute atomic E-state index is 0.0153. The van der Waals surface area contributed by atoms with Crippen LogP contribution in [-0.2, 0) is 9.53 Å². The van der Waals surface area contributed by atoms with Crippen molar-refractivity contribution in [2.24, 2.45) is 23.7 Å². The molecule has 0 radical (unpaired) electrons. The van der Waals surface area contributed by atoms with Gasteiger partial charge in [0, 0.05) is 31.5 Å². The van der Waals surface area contributed by atoms with E-state index in [2.05, 4.69) is 26.1 Å². The lowest BCUT2D eigenvalue weighted by Gasteiger charge is -2.22. The lowest BCUT2D eigenvalue weighted by atomic mass is 9.82. The molecular formula is C22H30ClFN6O4. The largest absolute Gasteiger partial charge is 0.465 e. The Morgan fingerprint density at radius 2 is 1.82 bits per heavy atom. The van der Waals surface area contributed by atoms with Crippen molar-refractivity contribution < 1.29 is 23.8 Å². The summed E-state index contributed by atoms with van der Waals surface area (Å²) < 4.78 is 21.4. The van der Waals surface area contributed by atoms with E-state index in [1.165, 1.54) is 0 Å². The van der Waals surface area contributed by atoms with Crippen LogP contribution in [0.3, 0.4) is 0 Å². The van der Waals surface area contributed by atoms with E-state index in [-0.39, 0.29) is 35.7 Å². The number of carboxylic acid groups (broad SMARTS) is 1. The van der Waals surface area contributed by atoms with E-state index in [0.717, 1.165) is 38.5 Å². The first kappa shape index (κ1) is 23.3. The molecule has 4 heterocycles. The van der Waals surface area contributed by atoms with E-state index in [9.17, 15) is 9.59 Å². The number of nitrogens with zero attached hydrogens (tertiary/aromatic N) is 3. The van der Waals surface area contributed by atoms with Gasteiger partial charge in [-0.1, -0.05) is 25.7 Å². The van der Waals surface area contributed by atoms with Gasteiger partial charge in [-0.2, -0.15) is 14.4 Å². The summed E-state index contributed by atoms with van der Waals surface area (Å²) in [7, 11) is 0.